The number of hydrogen-bond acceptors (Lipinski definition) is 3. The Hall–Kier alpha value is -3.34. The van der Waals surface area contributed by atoms with Crippen LogP contribution in [0.25, 0.3) is 10.8 Å². The predicted octanol–water partition coefficient (Wildman–Crippen LogP) is 4.67. The van der Waals surface area contributed by atoms with Gasteiger partial charge in [0.15, 0.2) is 0 Å². The monoisotopic (exact) mass is 430 g/mol. The highest BCUT2D eigenvalue weighted by molar-refractivity contribution is 5.95. The molecule has 1 aliphatic rings. The van der Waals surface area contributed by atoms with Gasteiger partial charge in [0, 0.05) is 38.2 Å². The van der Waals surface area contributed by atoms with Crippen molar-refractivity contribution in [2.24, 2.45) is 5.92 Å². The number of amides is 2. The number of aryl methyl sites for hydroxylation is 1. The van der Waals surface area contributed by atoms with Gasteiger partial charge in [-0.25, -0.2) is 0 Å². The molecule has 1 fully saturated rings. The molecule has 0 saturated carbocycles. The van der Waals surface area contributed by atoms with Crippen LogP contribution in [-0.4, -0.2) is 48.9 Å². The first-order chi connectivity index (χ1) is 15.5. The van der Waals surface area contributed by atoms with E-state index in [9.17, 15) is 9.59 Å². The highest BCUT2D eigenvalue weighted by atomic mass is 16.5. The summed E-state index contributed by atoms with van der Waals surface area (Å²) in [6.45, 7) is 3.77. The summed E-state index contributed by atoms with van der Waals surface area (Å²) in [5.74, 6) is 1.02. The zero-order valence-electron chi connectivity index (χ0n) is 19.0. The van der Waals surface area contributed by atoms with Gasteiger partial charge in [0.05, 0.1) is 7.11 Å². The molecule has 0 bridgehead atoms. The van der Waals surface area contributed by atoms with Crippen LogP contribution in [0.2, 0.25) is 0 Å². The molecule has 0 aliphatic carbocycles. The Labute approximate surface area is 189 Å². The fourth-order valence-corrected chi connectivity index (χ4v) is 4.47. The Balaban J connectivity index is 1.35. The summed E-state index contributed by atoms with van der Waals surface area (Å²) in [6.07, 6.45) is 1.41. The lowest BCUT2D eigenvalue weighted by Crippen LogP contribution is -2.43. The second kappa shape index (κ2) is 9.43. The van der Waals surface area contributed by atoms with E-state index in [0.717, 1.165) is 33.2 Å². The van der Waals surface area contributed by atoms with Crippen molar-refractivity contribution < 1.29 is 14.3 Å². The van der Waals surface area contributed by atoms with Crippen LogP contribution >= 0.6 is 0 Å². The molecule has 2 amide bonds. The molecule has 0 atom stereocenters. The standard InChI is InChI=1S/C27H30N2O3/c1-19-6-4-5-7-25(19)27(31)29-14-12-21(13-15-29)26(30)28(2)18-20-8-9-23-17-24(32-3)11-10-22(23)16-20/h4-11,16-17,21H,12-15,18H2,1-3H3. The summed E-state index contributed by atoms with van der Waals surface area (Å²) in [4.78, 5) is 29.6. The quantitative estimate of drug-likeness (QED) is 0.591. The van der Waals surface area contributed by atoms with Crippen molar-refractivity contribution in [3.63, 3.8) is 0 Å². The minimum Gasteiger partial charge on any atom is -0.497 e. The number of rotatable bonds is 5. The zero-order valence-corrected chi connectivity index (χ0v) is 19.0. The molecule has 0 unspecified atom stereocenters. The molecule has 0 spiro atoms. The molecule has 0 N–H and O–H groups in total. The summed E-state index contributed by atoms with van der Waals surface area (Å²) in [5, 5.41) is 2.25. The number of ether oxygens (including phenoxy) is 1. The van der Waals surface area contributed by atoms with Crippen LogP contribution in [0.4, 0.5) is 0 Å². The number of methoxy groups -OCH3 is 1. The van der Waals surface area contributed by atoms with Gasteiger partial charge >= 0.3 is 0 Å². The summed E-state index contributed by atoms with van der Waals surface area (Å²) >= 11 is 0. The summed E-state index contributed by atoms with van der Waals surface area (Å²) in [5.41, 5.74) is 2.85. The largest absolute Gasteiger partial charge is 0.497 e. The van der Waals surface area contributed by atoms with Gasteiger partial charge < -0.3 is 14.5 Å². The van der Waals surface area contributed by atoms with Crippen LogP contribution in [0.3, 0.4) is 0 Å². The molecule has 1 aliphatic heterocycles. The number of hydrogen-bond donors (Lipinski definition) is 0. The number of nitrogens with zero attached hydrogens (tertiary/aromatic N) is 2. The number of likely N-dealkylation sites (tertiary alicyclic amines) is 1. The van der Waals surface area contributed by atoms with Crippen LogP contribution in [0, 0.1) is 12.8 Å². The van der Waals surface area contributed by atoms with Gasteiger partial charge in [-0.1, -0.05) is 36.4 Å². The van der Waals surface area contributed by atoms with Crippen LogP contribution < -0.4 is 4.74 Å². The maximum Gasteiger partial charge on any atom is 0.254 e. The second-order valence-electron chi connectivity index (χ2n) is 8.62. The van der Waals surface area contributed by atoms with E-state index in [2.05, 4.69) is 18.2 Å². The fraction of sp³-hybridized carbons (Fsp3) is 0.333. The SMILES string of the molecule is COc1ccc2cc(CN(C)C(=O)C3CCN(C(=O)c4ccccc4C)CC3)ccc2c1. The number of carbonyl (C=O) groups excluding carboxylic acids is 2. The van der Waals surface area contributed by atoms with Gasteiger partial charge in [0.1, 0.15) is 5.75 Å². The smallest absolute Gasteiger partial charge is 0.254 e. The van der Waals surface area contributed by atoms with Crippen molar-refractivity contribution in [2.75, 3.05) is 27.2 Å². The molecule has 32 heavy (non-hydrogen) atoms. The molecular formula is C27H30N2O3. The lowest BCUT2D eigenvalue weighted by Gasteiger charge is -2.33. The number of carbonyl (C=O) groups is 2. The molecule has 1 saturated heterocycles. The van der Waals surface area contributed by atoms with Crippen LogP contribution in [0.1, 0.15) is 34.3 Å². The van der Waals surface area contributed by atoms with E-state index in [4.69, 9.17) is 4.74 Å². The molecule has 0 radical (unpaired) electrons. The van der Waals surface area contributed by atoms with Gasteiger partial charge in [-0.05, 0) is 65.9 Å². The average molecular weight is 431 g/mol. The van der Waals surface area contributed by atoms with Gasteiger partial charge in [-0.3, -0.25) is 9.59 Å². The van der Waals surface area contributed by atoms with Crippen molar-refractivity contribution in [2.45, 2.75) is 26.3 Å². The van der Waals surface area contributed by atoms with E-state index in [0.29, 0.717) is 32.5 Å². The maximum absolute atomic E-state index is 13.1. The Morgan fingerprint density at radius 2 is 1.69 bits per heavy atom. The third-order valence-corrected chi connectivity index (χ3v) is 6.41. The first-order valence-electron chi connectivity index (χ1n) is 11.1. The normalized spacial score (nSPS) is 14.4. The highest BCUT2D eigenvalue weighted by Crippen LogP contribution is 2.25. The van der Waals surface area contributed by atoms with Crippen LogP contribution in [0.15, 0.2) is 60.7 Å². The minimum absolute atomic E-state index is 0.0364. The fourth-order valence-electron chi connectivity index (χ4n) is 4.47. The van der Waals surface area contributed by atoms with Crippen LogP contribution in [-0.2, 0) is 11.3 Å². The summed E-state index contributed by atoms with van der Waals surface area (Å²) < 4.78 is 5.29. The molecule has 0 aromatic heterocycles. The number of fused-ring (bicyclic) bond motifs is 1. The van der Waals surface area contributed by atoms with Gasteiger partial charge in [0.2, 0.25) is 5.91 Å². The summed E-state index contributed by atoms with van der Waals surface area (Å²) in [7, 11) is 3.53. The summed E-state index contributed by atoms with van der Waals surface area (Å²) in [6, 6.07) is 19.9. The molecular weight excluding hydrogens is 400 g/mol. The molecule has 3 aromatic rings. The van der Waals surface area contributed by atoms with E-state index in [1.165, 1.54) is 0 Å². The molecule has 5 heteroatoms. The van der Waals surface area contributed by atoms with Crippen molar-refractivity contribution in [1.29, 1.82) is 0 Å². The van der Waals surface area contributed by atoms with Crippen LogP contribution in [0.5, 0.6) is 5.75 Å². The van der Waals surface area contributed by atoms with Crippen molar-refractivity contribution in [3.05, 3.63) is 77.4 Å². The van der Waals surface area contributed by atoms with Crippen molar-refractivity contribution >= 4 is 22.6 Å². The topological polar surface area (TPSA) is 49.9 Å². The molecule has 166 valence electrons. The Morgan fingerprint density at radius 3 is 2.41 bits per heavy atom. The van der Waals surface area contributed by atoms with E-state index in [-0.39, 0.29) is 17.7 Å². The number of piperidine rings is 1. The lowest BCUT2D eigenvalue weighted by atomic mass is 9.94. The maximum atomic E-state index is 13.1. The van der Waals surface area contributed by atoms with E-state index < -0.39 is 0 Å². The first kappa shape index (κ1) is 21.9. The highest BCUT2D eigenvalue weighted by Gasteiger charge is 2.29. The van der Waals surface area contributed by atoms with Gasteiger partial charge in [-0.15, -0.1) is 0 Å². The number of benzene rings is 3. The van der Waals surface area contributed by atoms with Crippen molar-refractivity contribution in [3.8, 4) is 5.75 Å². The minimum atomic E-state index is -0.0364. The average Bonchev–Trinajstić information content (AvgIpc) is 2.83. The molecule has 1 heterocycles. The van der Waals surface area contributed by atoms with Crippen molar-refractivity contribution in [1.82, 2.24) is 9.80 Å². The van der Waals surface area contributed by atoms with E-state index in [1.807, 2.05) is 66.2 Å². The first-order valence-corrected chi connectivity index (χ1v) is 11.1. The molecule has 3 aromatic carbocycles. The van der Waals surface area contributed by atoms with Gasteiger partial charge in [0.25, 0.3) is 5.91 Å². The predicted molar refractivity (Wildman–Crippen MR) is 127 cm³/mol. The van der Waals surface area contributed by atoms with Gasteiger partial charge in [-0.2, -0.15) is 0 Å². The Kier molecular flexibility index (Phi) is 6.45. The Morgan fingerprint density at radius 1 is 1.00 bits per heavy atom. The van der Waals surface area contributed by atoms with E-state index in [1.54, 1.807) is 7.11 Å². The molecule has 4 rings (SSSR count). The third kappa shape index (κ3) is 4.62. The Bertz CT molecular complexity index is 1130. The molecule has 5 nitrogen and oxygen atoms in total. The van der Waals surface area contributed by atoms with E-state index >= 15 is 0 Å². The second-order valence-corrected chi connectivity index (χ2v) is 8.62. The third-order valence-electron chi connectivity index (χ3n) is 6.41. The lowest BCUT2D eigenvalue weighted by molar-refractivity contribution is -0.136. The zero-order chi connectivity index (χ0) is 22.7.